The molecule has 1 aromatic heterocycles. The molecular weight excluding hydrogens is 485 g/mol. The van der Waals surface area contributed by atoms with Gasteiger partial charge in [0.05, 0.1) is 16.4 Å². The number of aromatic hydroxyl groups is 1. The Bertz CT molecular complexity index is 771. The Kier molecular flexibility index (Phi) is 8.81. The van der Waals surface area contributed by atoms with Gasteiger partial charge in [-0.25, -0.2) is 4.98 Å². The highest BCUT2D eigenvalue weighted by Gasteiger charge is 2.21. The van der Waals surface area contributed by atoms with E-state index >= 15 is 0 Å². The number of aromatic nitrogens is 1. The van der Waals surface area contributed by atoms with Crippen molar-refractivity contribution in [3.8, 4) is 5.75 Å². The SMILES string of the molecule is CN=C(NCCc1csc(C(C)C)n1)N1CCN(c2ccccc2O)CC1.I. The first kappa shape index (κ1) is 22.7. The molecule has 2 heterocycles. The predicted octanol–water partition coefficient (Wildman–Crippen LogP) is 3.53. The van der Waals surface area contributed by atoms with E-state index in [2.05, 4.69) is 39.3 Å². The summed E-state index contributed by atoms with van der Waals surface area (Å²) in [6, 6.07) is 7.53. The summed E-state index contributed by atoms with van der Waals surface area (Å²) >= 11 is 1.74. The fourth-order valence-electron chi connectivity index (χ4n) is 3.23. The number of anilines is 1. The van der Waals surface area contributed by atoms with E-state index in [1.54, 1.807) is 17.4 Å². The number of aliphatic imine (C=N–C) groups is 1. The number of phenols is 1. The van der Waals surface area contributed by atoms with Gasteiger partial charge in [0.1, 0.15) is 5.75 Å². The Morgan fingerprint density at radius 3 is 2.57 bits per heavy atom. The second-order valence-electron chi connectivity index (χ2n) is 7.02. The summed E-state index contributed by atoms with van der Waals surface area (Å²) in [6.45, 7) is 8.66. The zero-order valence-electron chi connectivity index (χ0n) is 16.8. The van der Waals surface area contributed by atoms with E-state index in [0.717, 1.165) is 56.5 Å². The van der Waals surface area contributed by atoms with E-state index in [0.29, 0.717) is 11.7 Å². The maximum absolute atomic E-state index is 10.0. The van der Waals surface area contributed by atoms with Crippen molar-refractivity contribution in [3.05, 3.63) is 40.3 Å². The molecule has 2 N–H and O–H groups in total. The summed E-state index contributed by atoms with van der Waals surface area (Å²) in [5.41, 5.74) is 2.06. The zero-order chi connectivity index (χ0) is 19.2. The average Bonchev–Trinajstić information content (AvgIpc) is 3.15. The number of hydrogen-bond acceptors (Lipinski definition) is 5. The molecule has 1 aliphatic heterocycles. The lowest BCUT2D eigenvalue weighted by molar-refractivity contribution is 0.370. The van der Waals surface area contributed by atoms with Gasteiger partial charge in [0.15, 0.2) is 5.96 Å². The topological polar surface area (TPSA) is 64.0 Å². The molecule has 8 heteroatoms. The zero-order valence-corrected chi connectivity index (χ0v) is 19.9. The number of benzene rings is 1. The van der Waals surface area contributed by atoms with Crippen molar-refractivity contribution in [1.29, 1.82) is 0 Å². The van der Waals surface area contributed by atoms with Crippen LogP contribution in [0.25, 0.3) is 0 Å². The molecule has 3 rings (SSSR count). The molecule has 1 saturated heterocycles. The van der Waals surface area contributed by atoms with Gasteiger partial charge in [-0.1, -0.05) is 26.0 Å². The van der Waals surface area contributed by atoms with E-state index in [-0.39, 0.29) is 24.0 Å². The van der Waals surface area contributed by atoms with Crippen LogP contribution in [0.1, 0.15) is 30.5 Å². The molecule has 0 amide bonds. The van der Waals surface area contributed by atoms with E-state index in [1.807, 2.05) is 25.2 Å². The normalized spacial score (nSPS) is 14.9. The van der Waals surface area contributed by atoms with Gasteiger partial charge in [-0.3, -0.25) is 4.99 Å². The van der Waals surface area contributed by atoms with Crippen molar-refractivity contribution in [2.24, 2.45) is 4.99 Å². The molecule has 0 saturated carbocycles. The summed E-state index contributed by atoms with van der Waals surface area (Å²) in [4.78, 5) is 13.6. The summed E-state index contributed by atoms with van der Waals surface area (Å²) < 4.78 is 0. The van der Waals surface area contributed by atoms with Gasteiger partial charge in [-0.2, -0.15) is 0 Å². The molecule has 0 atom stereocenters. The minimum absolute atomic E-state index is 0. The molecule has 0 unspecified atom stereocenters. The minimum Gasteiger partial charge on any atom is -0.506 e. The third kappa shape index (κ3) is 5.73. The maximum atomic E-state index is 10.0. The predicted molar refractivity (Wildman–Crippen MR) is 129 cm³/mol. The number of guanidine groups is 1. The third-order valence-electron chi connectivity index (χ3n) is 4.74. The van der Waals surface area contributed by atoms with Crippen LogP contribution in [0.15, 0.2) is 34.6 Å². The third-order valence-corrected chi connectivity index (χ3v) is 5.94. The number of phenolic OH excluding ortho intramolecular Hbond substituents is 1. The van der Waals surface area contributed by atoms with Gasteiger partial charge in [-0.15, -0.1) is 35.3 Å². The van der Waals surface area contributed by atoms with Crippen molar-refractivity contribution in [2.45, 2.75) is 26.2 Å². The Morgan fingerprint density at radius 2 is 1.96 bits per heavy atom. The van der Waals surface area contributed by atoms with E-state index in [1.165, 1.54) is 5.01 Å². The van der Waals surface area contributed by atoms with Crippen LogP contribution < -0.4 is 10.2 Å². The summed E-state index contributed by atoms with van der Waals surface area (Å²) in [5, 5.41) is 16.9. The standard InChI is InChI=1S/C20H29N5OS.HI/c1-15(2)19-23-16(14-27-19)8-9-22-20(21-3)25-12-10-24(11-13-25)17-6-4-5-7-18(17)26;/h4-7,14-15,26H,8-13H2,1-3H3,(H,21,22);1H. The molecule has 0 radical (unpaired) electrons. The van der Waals surface area contributed by atoms with E-state index < -0.39 is 0 Å². The first-order chi connectivity index (χ1) is 13.1. The number of rotatable bonds is 5. The molecule has 0 bridgehead atoms. The van der Waals surface area contributed by atoms with Crippen LogP contribution in [0, 0.1) is 0 Å². The number of hydrogen-bond donors (Lipinski definition) is 2. The van der Waals surface area contributed by atoms with Crippen molar-refractivity contribution in [2.75, 3.05) is 44.7 Å². The van der Waals surface area contributed by atoms with Crippen LogP contribution in [-0.4, -0.2) is 60.7 Å². The van der Waals surface area contributed by atoms with Crippen LogP contribution in [0.4, 0.5) is 5.69 Å². The fourth-order valence-corrected chi connectivity index (χ4v) is 4.10. The van der Waals surface area contributed by atoms with Crippen LogP contribution in [0.5, 0.6) is 5.75 Å². The lowest BCUT2D eigenvalue weighted by Gasteiger charge is -2.37. The molecule has 0 aliphatic carbocycles. The highest BCUT2D eigenvalue weighted by molar-refractivity contribution is 14.0. The number of nitrogens with one attached hydrogen (secondary N) is 1. The van der Waals surface area contributed by atoms with Gasteiger partial charge >= 0.3 is 0 Å². The lowest BCUT2D eigenvalue weighted by Crippen LogP contribution is -2.52. The quantitative estimate of drug-likeness (QED) is 0.363. The van der Waals surface area contributed by atoms with Gasteiger partial charge in [0, 0.05) is 57.5 Å². The van der Waals surface area contributed by atoms with Crippen LogP contribution in [0.2, 0.25) is 0 Å². The van der Waals surface area contributed by atoms with Crippen molar-refractivity contribution >= 4 is 47.0 Å². The van der Waals surface area contributed by atoms with Crippen molar-refractivity contribution < 1.29 is 5.11 Å². The average molecular weight is 515 g/mol. The number of thiazole rings is 1. The summed E-state index contributed by atoms with van der Waals surface area (Å²) in [6.07, 6.45) is 0.903. The van der Waals surface area contributed by atoms with Crippen LogP contribution in [-0.2, 0) is 6.42 Å². The highest BCUT2D eigenvalue weighted by atomic mass is 127. The Hall–Kier alpha value is -1.55. The molecular formula is C20H30IN5OS. The monoisotopic (exact) mass is 515 g/mol. The van der Waals surface area contributed by atoms with Gasteiger partial charge < -0.3 is 20.2 Å². The fraction of sp³-hybridized carbons (Fsp3) is 0.500. The Labute approximate surface area is 188 Å². The molecule has 154 valence electrons. The summed E-state index contributed by atoms with van der Waals surface area (Å²) in [7, 11) is 1.83. The molecule has 0 spiro atoms. The molecule has 2 aromatic rings. The highest BCUT2D eigenvalue weighted by Crippen LogP contribution is 2.27. The number of para-hydroxylation sites is 2. The second-order valence-corrected chi connectivity index (χ2v) is 7.91. The first-order valence-corrected chi connectivity index (χ1v) is 10.4. The van der Waals surface area contributed by atoms with Gasteiger partial charge in [-0.05, 0) is 12.1 Å². The molecule has 1 fully saturated rings. The van der Waals surface area contributed by atoms with E-state index in [4.69, 9.17) is 4.98 Å². The molecule has 1 aromatic carbocycles. The van der Waals surface area contributed by atoms with Crippen LogP contribution in [0.3, 0.4) is 0 Å². The smallest absolute Gasteiger partial charge is 0.193 e. The molecule has 6 nitrogen and oxygen atoms in total. The Morgan fingerprint density at radius 1 is 1.25 bits per heavy atom. The maximum Gasteiger partial charge on any atom is 0.193 e. The minimum atomic E-state index is 0. The lowest BCUT2D eigenvalue weighted by atomic mass is 10.2. The van der Waals surface area contributed by atoms with Crippen molar-refractivity contribution in [1.82, 2.24) is 15.2 Å². The second kappa shape index (κ2) is 10.8. The molecule has 28 heavy (non-hydrogen) atoms. The summed E-state index contributed by atoms with van der Waals surface area (Å²) in [5.74, 6) is 1.77. The molecule has 1 aliphatic rings. The number of piperazine rings is 1. The van der Waals surface area contributed by atoms with Crippen molar-refractivity contribution in [3.63, 3.8) is 0 Å². The van der Waals surface area contributed by atoms with Gasteiger partial charge in [0.25, 0.3) is 0 Å². The van der Waals surface area contributed by atoms with E-state index in [9.17, 15) is 5.11 Å². The number of nitrogens with zero attached hydrogens (tertiary/aromatic N) is 4. The largest absolute Gasteiger partial charge is 0.506 e. The van der Waals surface area contributed by atoms with Gasteiger partial charge in [0.2, 0.25) is 0 Å². The Balaban J connectivity index is 0.00000280. The van der Waals surface area contributed by atoms with Crippen LogP contribution >= 0.6 is 35.3 Å². The first-order valence-electron chi connectivity index (χ1n) is 9.51. The number of halogens is 1.